The third-order valence-electron chi connectivity index (χ3n) is 6.33. The molecular formula is C30H25ClN4O4S. The predicted octanol–water partition coefficient (Wildman–Crippen LogP) is 5.72. The van der Waals surface area contributed by atoms with Gasteiger partial charge in [0.05, 0.1) is 11.0 Å². The molecule has 5 aromatic rings. The van der Waals surface area contributed by atoms with Gasteiger partial charge in [0, 0.05) is 28.6 Å². The minimum Gasteiger partial charge on any atom is -0.434 e. The number of oxazole rings is 1. The van der Waals surface area contributed by atoms with E-state index in [1.54, 1.807) is 61.0 Å². The third kappa shape index (κ3) is 6.27. The predicted molar refractivity (Wildman–Crippen MR) is 155 cm³/mol. The van der Waals surface area contributed by atoms with Gasteiger partial charge in [-0.2, -0.15) is 0 Å². The van der Waals surface area contributed by atoms with Crippen LogP contribution in [0.5, 0.6) is 0 Å². The van der Waals surface area contributed by atoms with Crippen LogP contribution in [0.2, 0.25) is 5.02 Å². The fourth-order valence-corrected chi connectivity index (χ4v) is 5.07. The van der Waals surface area contributed by atoms with Crippen molar-refractivity contribution in [1.82, 2.24) is 20.6 Å². The number of carbonyl (C=O) groups is 3. The lowest BCUT2D eigenvalue weighted by molar-refractivity contribution is -0.123. The molecule has 2 heterocycles. The van der Waals surface area contributed by atoms with Gasteiger partial charge in [0.25, 0.3) is 11.8 Å². The van der Waals surface area contributed by atoms with Gasteiger partial charge in [-0.25, -0.2) is 9.97 Å². The van der Waals surface area contributed by atoms with E-state index in [-0.39, 0.29) is 12.3 Å². The molecule has 0 unspecified atom stereocenters. The monoisotopic (exact) mass is 572 g/mol. The summed E-state index contributed by atoms with van der Waals surface area (Å²) in [7, 11) is 0. The van der Waals surface area contributed by atoms with Gasteiger partial charge < -0.3 is 15.1 Å². The summed E-state index contributed by atoms with van der Waals surface area (Å²) >= 11 is 7.48. The molecule has 0 radical (unpaired) electrons. The molecular weight excluding hydrogens is 548 g/mol. The van der Waals surface area contributed by atoms with Crippen LogP contribution in [0.15, 0.2) is 88.8 Å². The number of hydrogen-bond donors (Lipinski definition) is 2. The number of Topliss-reactive ketones (excluding diaryl/α,β-unsaturated/α-hetero) is 1. The molecule has 2 aromatic heterocycles. The first-order valence-electron chi connectivity index (χ1n) is 12.7. The van der Waals surface area contributed by atoms with Gasteiger partial charge in [-0.3, -0.25) is 14.4 Å². The SMILES string of the molecule is CC[C@H](NC(=O)[C@H](Cc1nccs1)NC(=O)c1ccc(-c2cccc(Cl)c2)cc1)C(=O)c1nc2ccccc2o1. The first kappa shape index (κ1) is 27.2. The first-order valence-corrected chi connectivity index (χ1v) is 13.9. The Morgan fingerprint density at radius 2 is 1.75 bits per heavy atom. The van der Waals surface area contributed by atoms with E-state index in [4.69, 9.17) is 16.0 Å². The summed E-state index contributed by atoms with van der Waals surface area (Å²) in [6, 6.07) is 19.7. The van der Waals surface area contributed by atoms with E-state index in [0.717, 1.165) is 11.1 Å². The van der Waals surface area contributed by atoms with Gasteiger partial charge in [-0.05, 0) is 53.9 Å². The maximum Gasteiger partial charge on any atom is 0.266 e. The number of hydrogen-bond acceptors (Lipinski definition) is 7. The highest BCUT2D eigenvalue weighted by Gasteiger charge is 2.29. The second kappa shape index (κ2) is 12.2. The third-order valence-corrected chi connectivity index (χ3v) is 7.37. The summed E-state index contributed by atoms with van der Waals surface area (Å²) in [5, 5.41) is 8.68. The topological polar surface area (TPSA) is 114 Å². The Balaban J connectivity index is 1.31. The van der Waals surface area contributed by atoms with Crippen molar-refractivity contribution in [2.45, 2.75) is 31.8 Å². The van der Waals surface area contributed by atoms with Gasteiger partial charge in [-0.1, -0.05) is 54.9 Å². The van der Waals surface area contributed by atoms with E-state index in [9.17, 15) is 14.4 Å². The second-order valence-corrected chi connectivity index (χ2v) is 10.5. The van der Waals surface area contributed by atoms with Crippen LogP contribution in [0.25, 0.3) is 22.2 Å². The second-order valence-electron chi connectivity index (χ2n) is 9.06. The van der Waals surface area contributed by atoms with Crippen LogP contribution < -0.4 is 10.6 Å². The maximum absolute atomic E-state index is 13.4. The molecule has 0 aliphatic heterocycles. The van der Waals surface area contributed by atoms with Crippen LogP contribution in [0.1, 0.15) is 39.4 Å². The summed E-state index contributed by atoms with van der Waals surface area (Å²) in [6.07, 6.45) is 2.12. The molecule has 0 spiro atoms. The van der Waals surface area contributed by atoms with E-state index >= 15 is 0 Å². The normalized spacial score (nSPS) is 12.6. The molecule has 0 fully saturated rings. The molecule has 0 saturated heterocycles. The van der Waals surface area contributed by atoms with Crippen molar-refractivity contribution in [3.8, 4) is 11.1 Å². The lowest BCUT2D eigenvalue weighted by Crippen LogP contribution is -2.52. The fraction of sp³-hybridized carbons (Fsp3) is 0.167. The van der Waals surface area contributed by atoms with Crippen LogP contribution in [0.3, 0.4) is 0 Å². The molecule has 202 valence electrons. The van der Waals surface area contributed by atoms with Crippen molar-refractivity contribution in [2.24, 2.45) is 0 Å². The Labute approximate surface area is 239 Å². The number of para-hydroxylation sites is 2. The number of nitrogens with one attached hydrogen (secondary N) is 2. The number of benzene rings is 3. The highest BCUT2D eigenvalue weighted by atomic mass is 35.5. The van der Waals surface area contributed by atoms with Crippen molar-refractivity contribution in [1.29, 1.82) is 0 Å². The zero-order valence-corrected chi connectivity index (χ0v) is 23.0. The molecule has 2 atom stereocenters. The zero-order valence-electron chi connectivity index (χ0n) is 21.5. The summed E-state index contributed by atoms with van der Waals surface area (Å²) in [6.45, 7) is 1.78. The van der Waals surface area contributed by atoms with Gasteiger partial charge in [0.2, 0.25) is 11.7 Å². The molecule has 0 aliphatic rings. The summed E-state index contributed by atoms with van der Waals surface area (Å²) in [5.74, 6) is -1.44. The highest BCUT2D eigenvalue weighted by molar-refractivity contribution is 7.09. The lowest BCUT2D eigenvalue weighted by Gasteiger charge is -2.21. The van der Waals surface area contributed by atoms with E-state index in [0.29, 0.717) is 33.1 Å². The van der Waals surface area contributed by atoms with Gasteiger partial charge in [0.1, 0.15) is 11.6 Å². The fourth-order valence-electron chi connectivity index (χ4n) is 4.21. The number of carbonyl (C=O) groups excluding carboxylic acids is 3. The molecule has 2 N–H and O–H groups in total. The van der Waals surface area contributed by atoms with Crippen molar-refractivity contribution < 1.29 is 18.8 Å². The Hall–Kier alpha value is -4.34. The van der Waals surface area contributed by atoms with Crippen LogP contribution >= 0.6 is 22.9 Å². The van der Waals surface area contributed by atoms with Crippen molar-refractivity contribution >= 4 is 51.6 Å². The number of amides is 2. The van der Waals surface area contributed by atoms with Crippen molar-refractivity contribution in [2.75, 3.05) is 0 Å². The van der Waals surface area contributed by atoms with Crippen LogP contribution in [0, 0.1) is 0 Å². The smallest absolute Gasteiger partial charge is 0.266 e. The molecule has 5 rings (SSSR count). The minimum absolute atomic E-state index is 0.0753. The van der Waals surface area contributed by atoms with Crippen LogP contribution in [0.4, 0.5) is 0 Å². The van der Waals surface area contributed by atoms with Gasteiger partial charge in [0.15, 0.2) is 5.58 Å². The first-order chi connectivity index (χ1) is 19.4. The molecule has 40 heavy (non-hydrogen) atoms. The average Bonchev–Trinajstić information content (AvgIpc) is 3.65. The largest absolute Gasteiger partial charge is 0.434 e. The Bertz CT molecular complexity index is 1620. The number of aromatic nitrogens is 2. The van der Waals surface area contributed by atoms with Crippen LogP contribution in [-0.4, -0.2) is 39.6 Å². The minimum atomic E-state index is -0.961. The summed E-state index contributed by atoms with van der Waals surface area (Å²) in [4.78, 5) is 48.3. The molecule has 0 aliphatic carbocycles. The summed E-state index contributed by atoms with van der Waals surface area (Å²) < 4.78 is 5.61. The zero-order chi connectivity index (χ0) is 28.1. The standard InChI is InChI=1S/C30H25ClN4O4S/c1-2-22(27(36)30-35-23-8-3-4-9-25(23)39-30)33-29(38)24(17-26-32-14-15-40-26)34-28(37)19-12-10-18(11-13-19)20-6-5-7-21(31)16-20/h3-16,22,24H,2,17H2,1H3,(H,33,38)(H,34,37)/t22-,24-/m0/s1. The average molecular weight is 573 g/mol. The van der Waals surface area contributed by atoms with E-state index in [1.165, 1.54) is 11.3 Å². The molecule has 3 aromatic carbocycles. The molecule has 10 heteroatoms. The molecule has 0 saturated carbocycles. The quantitative estimate of drug-likeness (QED) is 0.207. The summed E-state index contributed by atoms with van der Waals surface area (Å²) in [5.41, 5.74) is 3.26. The Morgan fingerprint density at radius 3 is 2.45 bits per heavy atom. The number of ketones is 1. The number of halogens is 1. The number of fused-ring (bicyclic) bond motifs is 1. The molecule has 0 bridgehead atoms. The highest BCUT2D eigenvalue weighted by Crippen LogP contribution is 2.23. The lowest BCUT2D eigenvalue weighted by atomic mass is 10.0. The van der Waals surface area contributed by atoms with Crippen molar-refractivity contribution in [3.05, 3.63) is 106 Å². The molecule has 8 nitrogen and oxygen atoms in total. The number of thiazole rings is 1. The van der Waals surface area contributed by atoms with E-state index in [2.05, 4.69) is 20.6 Å². The van der Waals surface area contributed by atoms with E-state index in [1.807, 2.05) is 30.3 Å². The molecule has 2 amide bonds. The number of nitrogens with zero attached hydrogens (tertiary/aromatic N) is 2. The van der Waals surface area contributed by atoms with E-state index < -0.39 is 29.7 Å². The van der Waals surface area contributed by atoms with Crippen LogP contribution in [-0.2, 0) is 11.2 Å². The Kier molecular flexibility index (Phi) is 8.33. The van der Waals surface area contributed by atoms with Crippen molar-refractivity contribution in [3.63, 3.8) is 0 Å². The van der Waals surface area contributed by atoms with Gasteiger partial charge in [-0.15, -0.1) is 11.3 Å². The maximum atomic E-state index is 13.4. The Morgan fingerprint density at radius 1 is 0.950 bits per heavy atom. The van der Waals surface area contributed by atoms with Gasteiger partial charge >= 0.3 is 0 Å². The number of rotatable bonds is 10.